The number of hydrogen-bond donors (Lipinski definition) is 1. The molecule has 3 nitrogen and oxygen atoms in total. The number of nitrogens with zero attached hydrogens (tertiary/aromatic N) is 1. The highest BCUT2D eigenvalue weighted by atomic mass is 16.2. The maximum absolute atomic E-state index is 10.6. The summed E-state index contributed by atoms with van der Waals surface area (Å²) in [6, 6.07) is 0.0521. The van der Waals surface area contributed by atoms with Crippen molar-refractivity contribution in [2.75, 3.05) is 20.1 Å². The number of urea groups is 1. The molecule has 11 heavy (non-hydrogen) atoms. The molecule has 0 atom stereocenters. The molecule has 0 aromatic carbocycles. The van der Waals surface area contributed by atoms with Crippen molar-refractivity contribution in [1.82, 2.24) is 10.2 Å². The van der Waals surface area contributed by atoms with Crippen LogP contribution in [-0.2, 0) is 0 Å². The lowest BCUT2D eigenvalue weighted by atomic mass is 10.3. The van der Waals surface area contributed by atoms with Crippen molar-refractivity contribution < 1.29 is 4.79 Å². The van der Waals surface area contributed by atoms with Crippen LogP contribution in [0.4, 0.5) is 4.79 Å². The van der Waals surface area contributed by atoms with E-state index in [2.05, 4.69) is 19.2 Å². The van der Waals surface area contributed by atoms with Crippen molar-refractivity contribution in [3.05, 3.63) is 0 Å². The van der Waals surface area contributed by atoms with Gasteiger partial charge < -0.3 is 10.2 Å². The van der Waals surface area contributed by atoms with Crippen LogP contribution >= 0.6 is 0 Å². The molecule has 1 heterocycles. The molecule has 0 saturated carbocycles. The highest BCUT2D eigenvalue weighted by Gasteiger charge is 2.10. The minimum atomic E-state index is 0.0521. The van der Waals surface area contributed by atoms with Gasteiger partial charge in [-0.2, -0.15) is 0 Å². The zero-order valence-corrected chi connectivity index (χ0v) is 7.68. The third-order valence-corrected chi connectivity index (χ3v) is 1.29. The third kappa shape index (κ3) is 4.65. The van der Waals surface area contributed by atoms with Gasteiger partial charge in [-0.3, -0.25) is 0 Å². The highest BCUT2D eigenvalue weighted by molar-refractivity contribution is 5.74. The first-order valence-electron chi connectivity index (χ1n) is 4.21. The SMILES string of the molecule is CCC.CN1CCCNC1=O. The Hall–Kier alpha value is -0.730. The van der Waals surface area contributed by atoms with Gasteiger partial charge in [-0.05, 0) is 6.42 Å². The van der Waals surface area contributed by atoms with Gasteiger partial charge in [0.15, 0.2) is 0 Å². The van der Waals surface area contributed by atoms with Crippen LogP contribution in [0.5, 0.6) is 0 Å². The van der Waals surface area contributed by atoms with Gasteiger partial charge in [0.2, 0.25) is 0 Å². The third-order valence-electron chi connectivity index (χ3n) is 1.29. The van der Waals surface area contributed by atoms with E-state index in [1.54, 1.807) is 11.9 Å². The van der Waals surface area contributed by atoms with Crippen LogP contribution in [0.2, 0.25) is 0 Å². The Bertz CT molecular complexity index is 115. The molecule has 66 valence electrons. The Morgan fingerprint density at radius 1 is 1.55 bits per heavy atom. The highest BCUT2D eigenvalue weighted by Crippen LogP contribution is 1.92. The number of rotatable bonds is 0. The van der Waals surface area contributed by atoms with Gasteiger partial charge in [0.1, 0.15) is 0 Å². The van der Waals surface area contributed by atoms with Crippen LogP contribution in [-0.4, -0.2) is 31.1 Å². The first-order valence-corrected chi connectivity index (χ1v) is 4.21. The van der Waals surface area contributed by atoms with Crippen molar-refractivity contribution in [2.45, 2.75) is 26.7 Å². The average Bonchev–Trinajstić information content (AvgIpc) is 1.97. The molecule has 0 aromatic heterocycles. The summed E-state index contributed by atoms with van der Waals surface area (Å²) in [5.74, 6) is 0. The number of carbonyl (C=O) groups is 1. The zero-order valence-electron chi connectivity index (χ0n) is 7.68. The summed E-state index contributed by atoms with van der Waals surface area (Å²) < 4.78 is 0. The monoisotopic (exact) mass is 158 g/mol. The molecule has 0 aliphatic carbocycles. The second-order valence-electron chi connectivity index (χ2n) is 2.71. The van der Waals surface area contributed by atoms with E-state index >= 15 is 0 Å². The van der Waals surface area contributed by atoms with Crippen LogP contribution < -0.4 is 5.32 Å². The van der Waals surface area contributed by atoms with Crippen molar-refractivity contribution in [3.63, 3.8) is 0 Å². The van der Waals surface area contributed by atoms with Crippen molar-refractivity contribution in [3.8, 4) is 0 Å². The van der Waals surface area contributed by atoms with Crippen LogP contribution in [0.25, 0.3) is 0 Å². The van der Waals surface area contributed by atoms with Crippen LogP contribution in [0.15, 0.2) is 0 Å². The van der Waals surface area contributed by atoms with Crippen molar-refractivity contribution in [2.24, 2.45) is 0 Å². The lowest BCUT2D eigenvalue weighted by Gasteiger charge is -2.22. The minimum Gasteiger partial charge on any atom is -0.338 e. The molecule has 0 unspecified atom stereocenters. The smallest absolute Gasteiger partial charge is 0.317 e. The molecule has 1 aliphatic heterocycles. The first kappa shape index (κ1) is 10.3. The molecular formula is C8H18N2O. The lowest BCUT2D eigenvalue weighted by molar-refractivity contribution is 0.199. The van der Waals surface area contributed by atoms with E-state index in [9.17, 15) is 4.79 Å². The fourth-order valence-corrected chi connectivity index (χ4v) is 0.748. The predicted molar refractivity (Wildman–Crippen MR) is 46.6 cm³/mol. The molecule has 1 fully saturated rings. The molecule has 3 heteroatoms. The van der Waals surface area contributed by atoms with Crippen LogP contribution in [0.1, 0.15) is 26.7 Å². The molecule has 1 saturated heterocycles. The summed E-state index contributed by atoms with van der Waals surface area (Å²) >= 11 is 0. The summed E-state index contributed by atoms with van der Waals surface area (Å²) in [7, 11) is 1.80. The van der Waals surface area contributed by atoms with Crippen LogP contribution in [0.3, 0.4) is 0 Å². The van der Waals surface area contributed by atoms with E-state index in [0.717, 1.165) is 19.5 Å². The normalized spacial score (nSPS) is 16.6. The second kappa shape index (κ2) is 6.01. The summed E-state index contributed by atoms with van der Waals surface area (Å²) in [5, 5.41) is 2.72. The fraction of sp³-hybridized carbons (Fsp3) is 0.875. The molecule has 2 amide bonds. The Balaban J connectivity index is 0.000000292. The summed E-state index contributed by atoms with van der Waals surface area (Å²) in [6.45, 7) is 5.98. The lowest BCUT2D eigenvalue weighted by Crippen LogP contribution is -2.43. The Morgan fingerprint density at radius 3 is 2.36 bits per heavy atom. The van der Waals surface area contributed by atoms with Gasteiger partial charge in [-0.1, -0.05) is 20.3 Å². The number of carbonyl (C=O) groups excluding carboxylic acids is 1. The number of amides is 2. The molecule has 1 N–H and O–H groups in total. The quantitative estimate of drug-likeness (QED) is 0.568. The molecule has 0 spiro atoms. The summed E-state index contributed by atoms with van der Waals surface area (Å²) in [6.07, 6.45) is 2.32. The molecule has 1 aliphatic rings. The largest absolute Gasteiger partial charge is 0.338 e. The van der Waals surface area contributed by atoms with E-state index in [0.29, 0.717) is 0 Å². The summed E-state index contributed by atoms with van der Waals surface area (Å²) in [5.41, 5.74) is 0. The van der Waals surface area contributed by atoms with Gasteiger partial charge in [0.05, 0.1) is 0 Å². The Kier molecular flexibility index (Phi) is 5.61. The second-order valence-corrected chi connectivity index (χ2v) is 2.71. The first-order chi connectivity index (χ1) is 5.22. The van der Waals surface area contributed by atoms with Gasteiger partial charge in [0.25, 0.3) is 0 Å². The molecule has 0 radical (unpaired) electrons. The summed E-state index contributed by atoms with van der Waals surface area (Å²) in [4.78, 5) is 12.3. The predicted octanol–water partition coefficient (Wildman–Crippen LogP) is 1.45. The topological polar surface area (TPSA) is 32.3 Å². The average molecular weight is 158 g/mol. The number of nitrogens with one attached hydrogen (secondary N) is 1. The molecule has 1 rings (SSSR count). The molecule has 0 bridgehead atoms. The fourth-order valence-electron chi connectivity index (χ4n) is 0.748. The van der Waals surface area contributed by atoms with Gasteiger partial charge in [-0.15, -0.1) is 0 Å². The van der Waals surface area contributed by atoms with E-state index in [1.807, 2.05) is 0 Å². The maximum atomic E-state index is 10.6. The number of hydrogen-bond acceptors (Lipinski definition) is 1. The van der Waals surface area contributed by atoms with Gasteiger partial charge in [0, 0.05) is 20.1 Å². The van der Waals surface area contributed by atoms with Crippen molar-refractivity contribution >= 4 is 6.03 Å². The van der Waals surface area contributed by atoms with E-state index in [1.165, 1.54) is 6.42 Å². The molecule has 0 aromatic rings. The Labute approximate surface area is 68.8 Å². The zero-order chi connectivity index (χ0) is 8.69. The van der Waals surface area contributed by atoms with Gasteiger partial charge in [-0.25, -0.2) is 4.79 Å². The molecular weight excluding hydrogens is 140 g/mol. The van der Waals surface area contributed by atoms with E-state index in [4.69, 9.17) is 0 Å². The maximum Gasteiger partial charge on any atom is 0.317 e. The minimum absolute atomic E-state index is 0.0521. The standard InChI is InChI=1S/C5H10N2O.C3H8/c1-7-4-2-3-6-5(7)8;1-3-2/h2-4H2,1H3,(H,6,8);3H2,1-2H3. The van der Waals surface area contributed by atoms with E-state index in [-0.39, 0.29) is 6.03 Å². The van der Waals surface area contributed by atoms with Crippen LogP contribution in [0, 0.1) is 0 Å². The van der Waals surface area contributed by atoms with Gasteiger partial charge >= 0.3 is 6.03 Å². The van der Waals surface area contributed by atoms with Crippen molar-refractivity contribution in [1.29, 1.82) is 0 Å². The Morgan fingerprint density at radius 2 is 2.09 bits per heavy atom. The van der Waals surface area contributed by atoms with E-state index < -0.39 is 0 Å².